The smallest absolute Gasteiger partial charge is 0.0991 e. The fourth-order valence-electron chi connectivity index (χ4n) is 3.76. The first-order chi connectivity index (χ1) is 13.7. The van der Waals surface area contributed by atoms with E-state index in [1.54, 1.807) is 12.4 Å². The molecule has 2 aromatic carbocycles. The van der Waals surface area contributed by atoms with Crippen molar-refractivity contribution in [3.63, 3.8) is 0 Å². The quantitative estimate of drug-likeness (QED) is 0.469. The summed E-state index contributed by atoms with van der Waals surface area (Å²) in [6.07, 6.45) is 6.47. The molecule has 1 aliphatic rings. The highest BCUT2D eigenvalue weighted by Crippen LogP contribution is 2.34. The van der Waals surface area contributed by atoms with Gasteiger partial charge in [0.05, 0.1) is 23.4 Å². The minimum Gasteiger partial charge on any atom is -0.398 e. The summed E-state index contributed by atoms with van der Waals surface area (Å²) in [6.45, 7) is 0. The summed E-state index contributed by atoms with van der Waals surface area (Å²) in [7, 11) is 0. The molecule has 0 bridgehead atoms. The summed E-state index contributed by atoms with van der Waals surface area (Å²) in [4.78, 5) is 4.10. The Labute approximate surface area is 164 Å². The van der Waals surface area contributed by atoms with E-state index in [0.717, 1.165) is 30.5 Å². The third kappa shape index (κ3) is 3.45. The van der Waals surface area contributed by atoms with Gasteiger partial charge >= 0.3 is 0 Å². The molecule has 5 nitrogen and oxygen atoms in total. The predicted molar refractivity (Wildman–Crippen MR) is 111 cm³/mol. The van der Waals surface area contributed by atoms with E-state index in [0.29, 0.717) is 22.5 Å². The van der Waals surface area contributed by atoms with E-state index in [-0.39, 0.29) is 6.04 Å². The van der Waals surface area contributed by atoms with Crippen LogP contribution in [0.25, 0.3) is 0 Å². The molecule has 3 aromatic rings. The van der Waals surface area contributed by atoms with Gasteiger partial charge in [-0.05, 0) is 72.9 Å². The van der Waals surface area contributed by atoms with Crippen LogP contribution in [-0.2, 0) is 6.42 Å². The fourth-order valence-corrected chi connectivity index (χ4v) is 3.76. The molecule has 0 saturated carbocycles. The summed E-state index contributed by atoms with van der Waals surface area (Å²) in [5.41, 5.74) is 12.6. The van der Waals surface area contributed by atoms with Crippen LogP contribution in [0.2, 0.25) is 0 Å². The number of fused-ring (bicyclic) bond motifs is 1. The number of rotatable bonds is 4. The lowest BCUT2D eigenvalue weighted by atomic mass is 9.86. The maximum absolute atomic E-state index is 9.14. The molecular formula is C23H21N5. The largest absolute Gasteiger partial charge is 0.398 e. The summed E-state index contributed by atoms with van der Waals surface area (Å²) in [5.74, 6) is 0. The number of anilines is 2. The fraction of sp³-hybridized carbons (Fsp3) is 0.174. The number of hydrogen-bond donors (Lipinski definition) is 3. The highest BCUT2D eigenvalue weighted by atomic mass is 14.9. The van der Waals surface area contributed by atoms with Crippen LogP contribution in [0.5, 0.6) is 0 Å². The van der Waals surface area contributed by atoms with E-state index in [1.165, 1.54) is 11.1 Å². The second-order valence-corrected chi connectivity index (χ2v) is 7.03. The van der Waals surface area contributed by atoms with Crippen molar-refractivity contribution in [2.75, 3.05) is 11.1 Å². The van der Waals surface area contributed by atoms with Crippen molar-refractivity contribution in [3.05, 3.63) is 88.7 Å². The molecule has 1 heterocycles. The number of pyridine rings is 1. The zero-order chi connectivity index (χ0) is 19.5. The Morgan fingerprint density at radius 1 is 1.21 bits per heavy atom. The molecule has 138 valence electrons. The summed E-state index contributed by atoms with van der Waals surface area (Å²) >= 11 is 0. The topological polar surface area (TPSA) is 98.6 Å². The normalized spacial score (nSPS) is 15.3. The number of aryl methyl sites for hydroxylation is 1. The molecule has 0 aliphatic heterocycles. The molecule has 28 heavy (non-hydrogen) atoms. The SMILES string of the molecule is N#Cc1ccc2c(c1)CCCC2Nc1ccc(N)c(C(=N)c2cccnc2)c1. The highest BCUT2D eigenvalue weighted by Gasteiger charge is 2.21. The Balaban J connectivity index is 1.62. The summed E-state index contributed by atoms with van der Waals surface area (Å²) < 4.78 is 0. The Hall–Kier alpha value is -3.65. The molecule has 0 saturated heterocycles. The standard InChI is InChI=1S/C23H21N5/c24-13-15-6-8-19-16(11-15)3-1-5-22(19)28-18-7-9-21(25)20(12-18)23(26)17-4-2-10-27-14-17/h2,4,6-12,14,22,26,28H,1,3,5,25H2. The molecule has 1 atom stereocenters. The van der Waals surface area contributed by atoms with Gasteiger partial charge in [0.2, 0.25) is 0 Å². The van der Waals surface area contributed by atoms with Gasteiger partial charge in [0.1, 0.15) is 0 Å². The first-order valence-corrected chi connectivity index (χ1v) is 9.34. The number of nitrogens with zero attached hydrogens (tertiary/aromatic N) is 2. The third-order valence-electron chi connectivity index (χ3n) is 5.20. The van der Waals surface area contributed by atoms with E-state index >= 15 is 0 Å². The first kappa shape index (κ1) is 17.7. The number of hydrogen-bond acceptors (Lipinski definition) is 5. The van der Waals surface area contributed by atoms with E-state index in [2.05, 4.69) is 22.4 Å². The maximum Gasteiger partial charge on any atom is 0.0991 e. The number of benzene rings is 2. The van der Waals surface area contributed by atoms with Crippen molar-refractivity contribution in [1.82, 2.24) is 4.98 Å². The Morgan fingerprint density at radius 2 is 2.11 bits per heavy atom. The number of aromatic nitrogens is 1. The molecule has 0 fully saturated rings. The molecule has 1 aliphatic carbocycles. The highest BCUT2D eigenvalue weighted by molar-refractivity contribution is 6.14. The van der Waals surface area contributed by atoms with E-state index in [4.69, 9.17) is 16.4 Å². The van der Waals surface area contributed by atoms with Gasteiger partial charge in [-0.1, -0.05) is 6.07 Å². The number of nitrogens with two attached hydrogens (primary N) is 1. The van der Waals surface area contributed by atoms with Gasteiger partial charge in [0, 0.05) is 34.9 Å². The van der Waals surface area contributed by atoms with Crippen molar-refractivity contribution < 1.29 is 0 Å². The van der Waals surface area contributed by atoms with Gasteiger partial charge in [0.25, 0.3) is 0 Å². The van der Waals surface area contributed by atoms with Crippen LogP contribution >= 0.6 is 0 Å². The van der Waals surface area contributed by atoms with Crippen molar-refractivity contribution in [1.29, 1.82) is 10.7 Å². The Morgan fingerprint density at radius 3 is 2.89 bits per heavy atom. The van der Waals surface area contributed by atoms with E-state index in [9.17, 15) is 0 Å². The molecule has 0 amide bonds. The van der Waals surface area contributed by atoms with Crippen molar-refractivity contribution in [3.8, 4) is 6.07 Å². The molecule has 5 heteroatoms. The van der Waals surface area contributed by atoms with Crippen LogP contribution < -0.4 is 11.1 Å². The molecule has 4 N–H and O–H groups in total. The molecule has 1 unspecified atom stereocenters. The van der Waals surface area contributed by atoms with E-state index < -0.39 is 0 Å². The lowest BCUT2D eigenvalue weighted by Gasteiger charge is -2.27. The number of nitrogen functional groups attached to an aromatic ring is 1. The molecule has 4 rings (SSSR count). The first-order valence-electron chi connectivity index (χ1n) is 9.34. The van der Waals surface area contributed by atoms with Crippen molar-refractivity contribution in [2.24, 2.45) is 0 Å². The molecule has 0 spiro atoms. The van der Waals surface area contributed by atoms with Gasteiger partial charge < -0.3 is 11.1 Å². The van der Waals surface area contributed by atoms with Crippen molar-refractivity contribution in [2.45, 2.75) is 25.3 Å². The van der Waals surface area contributed by atoms with Crippen molar-refractivity contribution >= 4 is 17.1 Å². The van der Waals surface area contributed by atoms with Gasteiger partial charge in [-0.2, -0.15) is 5.26 Å². The van der Waals surface area contributed by atoms with Crippen LogP contribution in [0.1, 0.15) is 46.7 Å². The minimum absolute atomic E-state index is 0.181. The maximum atomic E-state index is 9.14. The lowest BCUT2D eigenvalue weighted by molar-refractivity contribution is 0.600. The van der Waals surface area contributed by atoms with Crippen LogP contribution in [0.3, 0.4) is 0 Å². The molecule has 1 aromatic heterocycles. The lowest BCUT2D eigenvalue weighted by Crippen LogP contribution is -2.18. The Bertz CT molecular complexity index is 1070. The van der Waals surface area contributed by atoms with Crippen LogP contribution in [0, 0.1) is 16.7 Å². The average Bonchev–Trinajstić information content (AvgIpc) is 2.75. The van der Waals surface area contributed by atoms with Crippen LogP contribution in [0.4, 0.5) is 11.4 Å². The third-order valence-corrected chi connectivity index (χ3v) is 5.20. The summed E-state index contributed by atoms with van der Waals surface area (Å²) in [5, 5.41) is 21.2. The zero-order valence-electron chi connectivity index (χ0n) is 15.4. The predicted octanol–water partition coefficient (Wildman–Crippen LogP) is 4.44. The van der Waals surface area contributed by atoms with Gasteiger partial charge in [-0.25, -0.2) is 0 Å². The van der Waals surface area contributed by atoms with Gasteiger partial charge in [-0.15, -0.1) is 0 Å². The summed E-state index contributed by atoms with van der Waals surface area (Å²) in [6, 6.07) is 17.7. The Kier molecular flexibility index (Phi) is 4.77. The van der Waals surface area contributed by atoms with Gasteiger partial charge in [-0.3, -0.25) is 10.4 Å². The molecule has 0 radical (unpaired) electrons. The second-order valence-electron chi connectivity index (χ2n) is 7.03. The van der Waals surface area contributed by atoms with Gasteiger partial charge in [0.15, 0.2) is 0 Å². The average molecular weight is 367 g/mol. The molecular weight excluding hydrogens is 346 g/mol. The van der Waals surface area contributed by atoms with Crippen LogP contribution in [-0.4, -0.2) is 10.7 Å². The van der Waals surface area contributed by atoms with E-state index in [1.807, 2.05) is 42.5 Å². The zero-order valence-corrected chi connectivity index (χ0v) is 15.4. The second kappa shape index (κ2) is 7.53. The number of nitriles is 1. The monoisotopic (exact) mass is 367 g/mol. The van der Waals surface area contributed by atoms with Crippen LogP contribution in [0.15, 0.2) is 60.9 Å². The number of nitrogens with one attached hydrogen (secondary N) is 2. The minimum atomic E-state index is 0.181.